The van der Waals surface area contributed by atoms with Crippen LogP contribution in [-0.4, -0.2) is 39.3 Å². The van der Waals surface area contributed by atoms with Gasteiger partial charge in [0.25, 0.3) is 5.91 Å². The van der Waals surface area contributed by atoms with Crippen LogP contribution in [0.5, 0.6) is 5.75 Å². The van der Waals surface area contributed by atoms with E-state index in [0.717, 1.165) is 23.9 Å². The van der Waals surface area contributed by atoms with Gasteiger partial charge in [-0.1, -0.05) is 18.2 Å². The number of ether oxygens (including phenoxy) is 1. The zero-order valence-electron chi connectivity index (χ0n) is 16.6. The SMILES string of the molecule is CCOc1ccc(N([C@@H](C)C(=O)N2c3ccccc3C[C@H]2C)S(C)(=O)=O)cc1. The first-order valence-corrected chi connectivity index (χ1v) is 11.2. The summed E-state index contributed by atoms with van der Waals surface area (Å²) in [6, 6.07) is 13.6. The first kappa shape index (κ1) is 20.2. The van der Waals surface area contributed by atoms with Crippen molar-refractivity contribution >= 4 is 27.3 Å². The predicted octanol–water partition coefficient (Wildman–Crippen LogP) is 3.22. The van der Waals surface area contributed by atoms with Crippen LogP contribution in [0, 0.1) is 0 Å². The smallest absolute Gasteiger partial charge is 0.250 e. The van der Waals surface area contributed by atoms with Gasteiger partial charge in [-0.3, -0.25) is 9.10 Å². The molecule has 0 spiro atoms. The Bertz CT molecular complexity index is 957. The lowest BCUT2D eigenvalue weighted by Crippen LogP contribution is -2.51. The number of fused-ring (bicyclic) bond motifs is 1. The maximum absolute atomic E-state index is 13.3. The van der Waals surface area contributed by atoms with Gasteiger partial charge >= 0.3 is 0 Å². The Morgan fingerprint density at radius 3 is 2.46 bits per heavy atom. The van der Waals surface area contributed by atoms with Gasteiger partial charge in [-0.2, -0.15) is 0 Å². The highest BCUT2D eigenvalue weighted by Gasteiger charge is 2.37. The first-order chi connectivity index (χ1) is 13.2. The lowest BCUT2D eigenvalue weighted by molar-refractivity contribution is -0.119. The number of carbonyl (C=O) groups is 1. The van der Waals surface area contributed by atoms with Crippen molar-refractivity contribution in [1.82, 2.24) is 0 Å². The van der Waals surface area contributed by atoms with E-state index in [1.165, 1.54) is 4.31 Å². The number of anilines is 2. The number of para-hydroxylation sites is 1. The van der Waals surface area contributed by atoms with Crippen LogP contribution in [0.1, 0.15) is 26.3 Å². The van der Waals surface area contributed by atoms with Crippen molar-refractivity contribution in [3.05, 3.63) is 54.1 Å². The molecule has 0 radical (unpaired) electrons. The molecule has 6 nitrogen and oxygen atoms in total. The summed E-state index contributed by atoms with van der Waals surface area (Å²) >= 11 is 0. The average Bonchev–Trinajstić information content (AvgIpc) is 2.97. The first-order valence-electron chi connectivity index (χ1n) is 9.37. The third-order valence-electron chi connectivity index (χ3n) is 4.91. The van der Waals surface area contributed by atoms with E-state index in [2.05, 4.69) is 0 Å². The lowest BCUT2D eigenvalue weighted by atomic mass is 10.1. The Kier molecular flexibility index (Phi) is 5.65. The molecule has 1 aliphatic rings. The van der Waals surface area contributed by atoms with E-state index in [1.807, 2.05) is 38.1 Å². The van der Waals surface area contributed by atoms with E-state index >= 15 is 0 Å². The van der Waals surface area contributed by atoms with Crippen LogP contribution in [0.4, 0.5) is 11.4 Å². The highest BCUT2D eigenvalue weighted by Crippen LogP contribution is 2.34. The molecule has 2 atom stereocenters. The Balaban J connectivity index is 1.94. The fraction of sp³-hybridized carbons (Fsp3) is 0.381. The second kappa shape index (κ2) is 7.83. The Morgan fingerprint density at radius 1 is 1.21 bits per heavy atom. The molecule has 0 aliphatic carbocycles. The van der Waals surface area contributed by atoms with Crippen LogP contribution < -0.4 is 13.9 Å². The van der Waals surface area contributed by atoms with E-state index < -0.39 is 16.1 Å². The molecule has 1 aliphatic heterocycles. The topological polar surface area (TPSA) is 66.9 Å². The molecule has 0 saturated heterocycles. The highest BCUT2D eigenvalue weighted by molar-refractivity contribution is 7.92. The van der Waals surface area contributed by atoms with Gasteiger partial charge in [-0.15, -0.1) is 0 Å². The number of hydrogen-bond donors (Lipinski definition) is 0. The molecular formula is C21H26N2O4S. The van der Waals surface area contributed by atoms with Crippen LogP contribution in [0.3, 0.4) is 0 Å². The van der Waals surface area contributed by atoms with Gasteiger partial charge in [-0.25, -0.2) is 8.42 Å². The summed E-state index contributed by atoms with van der Waals surface area (Å²) in [6.45, 7) is 6.02. The summed E-state index contributed by atoms with van der Waals surface area (Å²) in [5, 5.41) is 0. The van der Waals surface area contributed by atoms with Crippen LogP contribution in [0.25, 0.3) is 0 Å². The summed E-state index contributed by atoms with van der Waals surface area (Å²) in [6.07, 6.45) is 1.88. The standard InChI is InChI=1S/C21H26N2O4S/c1-5-27-19-12-10-18(11-13-19)23(28(4,25)26)16(3)21(24)22-15(2)14-17-8-6-7-9-20(17)22/h6-13,15-16H,5,14H2,1-4H3/t15-,16+/m1/s1. The molecule has 0 fully saturated rings. The van der Waals surface area contributed by atoms with E-state index in [0.29, 0.717) is 18.0 Å². The van der Waals surface area contributed by atoms with Crippen molar-refractivity contribution in [2.45, 2.75) is 39.3 Å². The summed E-state index contributed by atoms with van der Waals surface area (Å²) in [4.78, 5) is 15.1. The van der Waals surface area contributed by atoms with Gasteiger partial charge in [0.1, 0.15) is 11.8 Å². The van der Waals surface area contributed by atoms with E-state index in [4.69, 9.17) is 4.74 Å². The number of amides is 1. The van der Waals surface area contributed by atoms with Gasteiger partial charge in [-0.05, 0) is 63.1 Å². The van der Waals surface area contributed by atoms with E-state index in [9.17, 15) is 13.2 Å². The van der Waals surface area contributed by atoms with Crippen molar-refractivity contribution in [2.75, 3.05) is 22.1 Å². The van der Waals surface area contributed by atoms with Crippen LogP contribution in [-0.2, 0) is 21.2 Å². The molecule has 1 heterocycles. The minimum atomic E-state index is -3.67. The molecule has 1 amide bonds. The van der Waals surface area contributed by atoms with Crippen molar-refractivity contribution < 1.29 is 17.9 Å². The Morgan fingerprint density at radius 2 is 1.86 bits per heavy atom. The molecule has 150 valence electrons. The van der Waals surface area contributed by atoms with Crippen molar-refractivity contribution in [3.63, 3.8) is 0 Å². The molecule has 0 unspecified atom stereocenters. The third-order valence-corrected chi connectivity index (χ3v) is 6.15. The number of sulfonamides is 1. The second-order valence-electron chi connectivity index (χ2n) is 7.05. The molecule has 2 aromatic rings. The molecular weight excluding hydrogens is 376 g/mol. The lowest BCUT2D eigenvalue weighted by Gasteiger charge is -2.33. The molecule has 0 N–H and O–H groups in total. The molecule has 0 bridgehead atoms. The molecule has 28 heavy (non-hydrogen) atoms. The van der Waals surface area contributed by atoms with Crippen molar-refractivity contribution in [3.8, 4) is 5.75 Å². The summed E-state index contributed by atoms with van der Waals surface area (Å²) in [7, 11) is -3.67. The molecule has 0 saturated carbocycles. The Labute approximate surface area is 166 Å². The summed E-state index contributed by atoms with van der Waals surface area (Å²) in [5.41, 5.74) is 2.39. The number of nitrogens with zero attached hydrogens (tertiary/aromatic N) is 2. The average molecular weight is 403 g/mol. The van der Waals surface area contributed by atoms with E-state index in [1.54, 1.807) is 36.1 Å². The fourth-order valence-electron chi connectivity index (χ4n) is 3.76. The predicted molar refractivity (Wildman–Crippen MR) is 111 cm³/mol. The normalized spacial score (nSPS) is 17.1. The van der Waals surface area contributed by atoms with Crippen LogP contribution in [0.2, 0.25) is 0 Å². The minimum Gasteiger partial charge on any atom is -0.494 e. The zero-order chi connectivity index (χ0) is 20.5. The van der Waals surface area contributed by atoms with Gasteiger partial charge in [0, 0.05) is 11.7 Å². The number of benzene rings is 2. The van der Waals surface area contributed by atoms with Gasteiger partial charge < -0.3 is 9.64 Å². The van der Waals surface area contributed by atoms with Gasteiger partial charge in [0.2, 0.25) is 10.0 Å². The quantitative estimate of drug-likeness (QED) is 0.744. The maximum atomic E-state index is 13.3. The monoisotopic (exact) mass is 402 g/mol. The molecule has 0 aromatic heterocycles. The molecule has 2 aromatic carbocycles. The Hall–Kier alpha value is -2.54. The fourth-order valence-corrected chi connectivity index (χ4v) is 4.93. The largest absolute Gasteiger partial charge is 0.494 e. The van der Waals surface area contributed by atoms with Crippen LogP contribution in [0.15, 0.2) is 48.5 Å². The maximum Gasteiger partial charge on any atom is 0.250 e. The van der Waals surface area contributed by atoms with E-state index in [-0.39, 0.29) is 11.9 Å². The second-order valence-corrected chi connectivity index (χ2v) is 8.91. The van der Waals surface area contributed by atoms with Crippen LogP contribution >= 0.6 is 0 Å². The summed E-state index contributed by atoms with van der Waals surface area (Å²) in [5.74, 6) is 0.414. The third kappa shape index (κ3) is 3.85. The number of rotatable bonds is 6. The number of carbonyl (C=O) groups excluding carboxylic acids is 1. The minimum absolute atomic E-state index is 0.0194. The zero-order valence-corrected chi connectivity index (χ0v) is 17.4. The van der Waals surface area contributed by atoms with Gasteiger partial charge in [0.15, 0.2) is 0 Å². The van der Waals surface area contributed by atoms with Gasteiger partial charge in [0.05, 0.1) is 18.6 Å². The highest BCUT2D eigenvalue weighted by atomic mass is 32.2. The molecule has 7 heteroatoms. The molecule has 3 rings (SSSR count). The van der Waals surface area contributed by atoms with Crippen molar-refractivity contribution in [1.29, 1.82) is 0 Å². The number of hydrogen-bond acceptors (Lipinski definition) is 4. The summed E-state index contributed by atoms with van der Waals surface area (Å²) < 4.78 is 31.7. The van der Waals surface area contributed by atoms with Crippen molar-refractivity contribution in [2.24, 2.45) is 0 Å².